The number of fused-ring (bicyclic) bond motifs is 1. The van der Waals surface area contributed by atoms with Crippen LogP contribution in [0.2, 0.25) is 0 Å². The molecule has 3 rings (SSSR count). The Labute approximate surface area is 140 Å². The van der Waals surface area contributed by atoms with Gasteiger partial charge in [-0.05, 0) is 54.8 Å². The fraction of sp³-hybridized carbons (Fsp3) is 0.211. The second-order valence-corrected chi connectivity index (χ2v) is 5.54. The minimum absolute atomic E-state index is 0.137. The molecular weight excluding hydrogens is 304 g/mol. The molecule has 0 saturated carbocycles. The average molecular weight is 320 g/mol. The molecular formula is C19H16N2O3. The van der Waals surface area contributed by atoms with Gasteiger partial charge in [0, 0.05) is 17.8 Å². The maximum atomic E-state index is 12.8. The number of carbonyl (C=O) groups is 2. The summed E-state index contributed by atoms with van der Waals surface area (Å²) in [6.07, 6.45) is 1.51. The van der Waals surface area contributed by atoms with Gasteiger partial charge >= 0.3 is 5.97 Å². The number of amides is 1. The molecule has 0 unspecified atom stereocenters. The summed E-state index contributed by atoms with van der Waals surface area (Å²) in [6.45, 7) is 0.594. The fourth-order valence-corrected chi connectivity index (χ4v) is 2.98. The molecule has 5 heteroatoms. The van der Waals surface area contributed by atoms with Gasteiger partial charge in [0.05, 0.1) is 24.3 Å². The van der Waals surface area contributed by atoms with Crippen molar-refractivity contribution in [3.05, 3.63) is 64.7 Å². The second-order valence-electron chi connectivity index (χ2n) is 5.54. The summed E-state index contributed by atoms with van der Waals surface area (Å²) in [4.78, 5) is 26.5. The topological polar surface area (TPSA) is 70.4 Å². The molecule has 0 fully saturated rings. The van der Waals surface area contributed by atoms with Crippen LogP contribution in [0.5, 0.6) is 0 Å². The van der Waals surface area contributed by atoms with Gasteiger partial charge in [-0.15, -0.1) is 0 Å². The maximum Gasteiger partial charge on any atom is 0.338 e. The molecule has 0 aromatic heterocycles. The predicted octanol–water partition coefficient (Wildman–Crippen LogP) is 2.94. The average Bonchev–Trinajstić information content (AvgIpc) is 2.66. The molecule has 1 aliphatic heterocycles. The van der Waals surface area contributed by atoms with Crippen LogP contribution < -0.4 is 4.90 Å². The van der Waals surface area contributed by atoms with Gasteiger partial charge in [-0.25, -0.2) is 4.79 Å². The van der Waals surface area contributed by atoms with E-state index in [2.05, 4.69) is 0 Å². The van der Waals surface area contributed by atoms with Crippen molar-refractivity contribution in [1.82, 2.24) is 0 Å². The van der Waals surface area contributed by atoms with Crippen molar-refractivity contribution in [2.24, 2.45) is 0 Å². The monoisotopic (exact) mass is 320 g/mol. The lowest BCUT2D eigenvalue weighted by Crippen LogP contribution is -2.36. The summed E-state index contributed by atoms with van der Waals surface area (Å²) < 4.78 is 4.84. The standard InChI is InChI=1S/C19H16N2O3/c1-24-19(23)16-4-2-6-17-15(16)5-3-11-21(17)18(22)14-9-7-13(12-20)8-10-14/h2,4,6-10H,3,5,11H2,1H3. The molecule has 2 aromatic carbocycles. The van der Waals surface area contributed by atoms with Crippen LogP contribution in [-0.4, -0.2) is 25.5 Å². The first-order chi connectivity index (χ1) is 11.7. The van der Waals surface area contributed by atoms with E-state index in [0.717, 1.165) is 24.1 Å². The Morgan fingerprint density at radius 2 is 1.92 bits per heavy atom. The first-order valence-corrected chi connectivity index (χ1v) is 7.68. The molecule has 1 heterocycles. The first kappa shape index (κ1) is 15.8. The molecule has 1 aliphatic rings. The van der Waals surface area contributed by atoms with Gasteiger partial charge in [0.2, 0.25) is 0 Å². The van der Waals surface area contributed by atoms with Gasteiger partial charge in [-0.2, -0.15) is 5.26 Å². The van der Waals surface area contributed by atoms with Crippen LogP contribution in [0, 0.1) is 11.3 Å². The molecule has 0 saturated heterocycles. The number of methoxy groups -OCH3 is 1. The quantitative estimate of drug-likeness (QED) is 0.798. The number of benzene rings is 2. The zero-order valence-electron chi connectivity index (χ0n) is 13.3. The van der Waals surface area contributed by atoms with E-state index in [9.17, 15) is 9.59 Å². The highest BCUT2D eigenvalue weighted by Gasteiger charge is 2.27. The molecule has 5 nitrogen and oxygen atoms in total. The number of rotatable bonds is 2. The number of hydrogen-bond acceptors (Lipinski definition) is 4. The largest absolute Gasteiger partial charge is 0.465 e. The Morgan fingerprint density at radius 3 is 2.58 bits per heavy atom. The van der Waals surface area contributed by atoms with Crippen LogP contribution in [0.15, 0.2) is 42.5 Å². The lowest BCUT2D eigenvalue weighted by atomic mass is 9.95. The third-order valence-corrected chi connectivity index (χ3v) is 4.16. The van der Waals surface area contributed by atoms with Crippen LogP contribution >= 0.6 is 0 Å². The summed E-state index contributed by atoms with van der Waals surface area (Å²) in [5, 5.41) is 8.86. The Kier molecular flexibility index (Phi) is 4.30. The minimum Gasteiger partial charge on any atom is -0.465 e. The molecule has 1 amide bonds. The van der Waals surface area contributed by atoms with E-state index in [1.165, 1.54) is 7.11 Å². The van der Waals surface area contributed by atoms with Crippen LogP contribution in [0.1, 0.15) is 38.3 Å². The minimum atomic E-state index is -0.389. The molecule has 0 bridgehead atoms. The summed E-state index contributed by atoms with van der Waals surface area (Å²) in [6, 6.07) is 13.9. The van der Waals surface area contributed by atoms with Crippen molar-refractivity contribution in [2.45, 2.75) is 12.8 Å². The normalized spacial score (nSPS) is 12.9. The van der Waals surface area contributed by atoms with E-state index in [4.69, 9.17) is 10.00 Å². The Balaban J connectivity index is 1.98. The number of hydrogen-bond donors (Lipinski definition) is 0. The lowest BCUT2D eigenvalue weighted by Gasteiger charge is -2.30. The molecule has 0 N–H and O–H groups in total. The molecule has 2 aromatic rings. The molecule has 0 spiro atoms. The van der Waals surface area contributed by atoms with E-state index >= 15 is 0 Å². The van der Waals surface area contributed by atoms with Gasteiger partial charge in [-0.3, -0.25) is 4.79 Å². The Morgan fingerprint density at radius 1 is 1.17 bits per heavy atom. The van der Waals surface area contributed by atoms with Crippen molar-refractivity contribution in [3.63, 3.8) is 0 Å². The van der Waals surface area contributed by atoms with Gasteiger partial charge in [0.1, 0.15) is 0 Å². The van der Waals surface area contributed by atoms with Gasteiger partial charge in [0.25, 0.3) is 5.91 Å². The van der Waals surface area contributed by atoms with Gasteiger partial charge < -0.3 is 9.64 Å². The SMILES string of the molecule is COC(=O)c1cccc2c1CCCN2C(=O)c1ccc(C#N)cc1. The van der Waals surface area contributed by atoms with E-state index in [-0.39, 0.29) is 11.9 Å². The summed E-state index contributed by atoms with van der Waals surface area (Å²) >= 11 is 0. The number of nitriles is 1. The number of carbonyl (C=O) groups excluding carboxylic acids is 2. The third-order valence-electron chi connectivity index (χ3n) is 4.16. The van der Waals surface area contributed by atoms with Crippen molar-refractivity contribution in [3.8, 4) is 6.07 Å². The van der Waals surface area contributed by atoms with Crippen molar-refractivity contribution in [1.29, 1.82) is 5.26 Å². The highest BCUT2D eigenvalue weighted by atomic mass is 16.5. The molecule has 120 valence electrons. The number of ether oxygens (including phenoxy) is 1. The second kappa shape index (κ2) is 6.55. The fourth-order valence-electron chi connectivity index (χ4n) is 2.98. The van der Waals surface area contributed by atoms with E-state index in [1.54, 1.807) is 41.3 Å². The van der Waals surface area contributed by atoms with Crippen molar-refractivity contribution in [2.75, 3.05) is 18.6 Å². The van der Waals surface area contributed by atoms with Crippen LogP contribution in [-0.2, 0) is 11.2 Å². The highest BCUT2D eigenvalue weighted by molar-refractivity contribution is 6.07. The lowest BCUT2D eigenvalue weighted by molar-refractivity contribution is 0.0599. The number of nitrogens with zero attached hydrogens (tertiary/aromatic N) is 2. The predicted molar refractivity (Wildman–Crippen MR) is 88.9 cm³/mol. The summed E-state index contributed by atoms with van der Waals surface area (Å²) in [7, 11) is 1.35. The summed E-state index contributed by atoms with van der Waals surface area (Å²) in [5.41, 5.74) is 3.13. The molecule has 0 aliphatic carbocycles. The van der Waals surface area contributed by atoms with Crippen LogP contribution in [0.4, 0.5) is 5.69 Å². The zero-order chi connectivity index (χ0) is 17.1. The summed E-state index contributed by atoms with van der Waals surface area (Å²) in [5.74, 6) is -0.526. The van der Waals surface area contributed by atoms with E-state index in [0.29, 0.717) is 23.2 Å². The van der Waals surface area contributed by atoms with E-state index in [1.807, 2.05) is 12.1 Å². The number of esters is 1. The Hall–Kier alpha value is -3.13. The first-order valence-electron chi connectivity index (χ1n) is 7.68. The van der Waals surface area contributed by atoms with Crippen LogP contribution in [0.25, 0.3) is 0 Å². The smallest absolute Gasteiger partial charge is 0.338 e. The van der Waals surface area contributed by atoms with Crippen LogP contribution in [0.3, 0.4) is 0 Å². The molecule has 0 radical (unpaired) electrons. The Bertz CT molecular complexity index is 835. The highest BCUT2D eigenvalue weighted by Crippen LogP contribution is 2.31. The molecule has 0 atom stereocenters. The van der Waals surface area contributed by atoms with Gasteiger partial charge in [-0.1, -0.05) is 6.07 Å². The zero-order valence-corrected chi connectivity index (χ0v) is 13.3. The van der Waals surface area contributed by atoms with Crippen molar-refractivity contribution >= 4 is 17.6 Å². The maximum absolute atomic E-state index is 12.8. The third kappa shape index (κ3) is 2.74. The van der Waals surface area contributed by atoms with Gasteiger partial charge in [0.15, 0.2) is 0 Å². The van der Waals surface area contributed by atoms with E-state index < -0.39 is 0 Å². The van der Waals surface area contributed by atoms with Crippen molar-refractivity contribution < 1.29 is 14.3 Å². The number of anilines is 1. The molecule has 24 heavy (non-hydrogen) atoms.